The normalized spacial score (nSPS) is 13.9. The van der Waals surface area contributed by atoms with E-state index >= 15 is 0 Å². The van der Waals surface area contributed by atoms with Crippen LogP contribution in [0.2, 0.25) is 0 Å². The van der Waals surface area contributed by atoms with E-state index < -0.39 is 0 Å². The fraction of sp³-hybridized carbons (Fsp3) is 0.303. The molecule has 1 aliphatic heterocycles. The van der Waals surface area contributed by atoms with E-state index in [-0.39, 0.29) is 18.1 Å². The highest BCUT2D eigenvalue weighted by molar-refractivity contribution is 6.03. The fourth-order valence-electron chi connectivity index (χ4n) is 5.24. The molecule has 0 aliphatic carbocycles. The van der Waals surface area contributed by atoms with Crippen LogP contribution in [0.4, 0.5) is 5.69 Å². The van der Waals surface area contributed by atoms with Gasteiger partial charge in [-0.15, -0.1) is 0 Å². The summed E-state index contributed by atoms with van der Waals surface area (Å²) >= 11 is 0. The molecule has 1 amide bonds. The number of amides is 1. The first kappa shape index (κ1) is 27.3. The number of carbonyl (C=O) groups is 2. The van der Waals surface area contributed by atoms with E-state index in [4.69, 9.17) is 4.98 Å². The quantitative estimate of drug-likeness (QED) is 0.326. The summed E-state index contributed by atoms with van der Waals surface area (Å²) < 4.78 is 0. The Kier molecular flexibility index (Phi) is 7.85. The number of allylic oxidation sites excluding steroid dienone is 1. The number of hydrogen-bond donors (Lipinski definition) is 1. The number of ketones is 1. The molecule has 206 valence electrons. The van der Waals surface area contributed by atoms with Crippen LogP contribution < -0.4 is 4.90 Å². The van der Waals surface area contributed by atoms with Gasteiger partial charge in [0.05, 0.1) is 12.1 Å². The highest BCUT2D eigenvalue weighted by Crippen LogP contribution is 2.39. The second kappa shape index (κ2) is 11.5. The zero-order chi connectivity index (χ0) is 28.4. The minimum absolute atomic E-state index is 0.00922. The molecule has 0 spiro atoms. The number of H-pyrrole nitrogens is 1. The van der Waals surface area contributed by atoms with Gasteiger partial charge in [0.25, 0.3) is 0 Å². The Morgan fingerprint density at radius 2 is 1.70 bits per heavy atom. The van der Waals surface area contributed by atoms with Crippen molar-refractivity contribution in [2.24, 2.45) is 0 Å². The molecular formula is C33H37N5O2. The zero-order valence-electron chi connectivity index (χ0n) is 23.8. The van der Waals surface area contributed by atoms with Gasteiger partial charge >= 0.3 is 0 Å². The number of likely N-dealkylation sites (N-methyl/N-ethyl adjacent to an activating group) is 2. The molecule has 1 fully saturated rings. The van der Waals surface area contributed by atoms with Gasteiger partial charge in [0.2, 0.25) is 5.91 Å². The molecule has 7 heteroatoms. The number of aromatic nitrogens is 2. The average Bonchev–Trinajstić information content (AvgIpc) is 3.33. The highest BCUT2D eigenvalue weighted by atomic mass is 16.2. The minimum atomic E-state index is -0.00922. The van der Waals surface area contributed by atoms with Gasteiger partial charge in [-0.2, -0.15) is 0 Å². The zero-order valence-corrected chi connectivity index (χ0v) is 23.8. The number of hydrogen-bond acceptors (Lipinski definition) is 5. The van der Waals surface area contributed by atoms with Crippen LogP contribution in [0.5, 0.6) is 0 Å². The topological polar surface area (TPSA) is 72.5 Å². The first-order valence-electron chi connectivity index (χ1n) is 13.7. The Hall–Kier alpha value is -4.23. The highest BCUT2D eigenvalue weighted by Gasteiger charge is 2.20. The first-order chi connectivity index (χ1) is 19.2. The summed E-state index contributed by atoms with van der Waals surface area (Å²) in [6, 6.07) is 17.0. The van der Waals surface area contributed by atoms with E-state index in [1.807, 2.05) is 6.92 Å². The molecule has 2 aromatic carbocycles. The SMILES string of the molecule is C=CC(=O)Cc1cc(-c2c(-c3ccc(N4CCN(C)CC4)cc3)[nH]c3ncc(CC(=O)N(C)C)cc23)ccc1C. The van der Waals surface area contributed by atoms with Crippen LogP contribution >= 0.6 is 0 Å². The smallest absolute Gasteiger partial charge is 0.226 e. The molecule has 40 heavy (non-hydrogen) atoms. The van der Waals surface area contributed by atoms with Gasteiger partial charge in [-0.25, -0.2) is 4.98 Å². The molecule has 0 radical (unpaired) electrons. The number of anilines is 1. The lowest BCUT2D eigenvalue weighted by Crippen LogP contribution is -2.44. The Morgan fingerprint density at radius 3 is 2.38 bits per heavy atom. The van der Waals surface area contributed by atoms with Crippen LogP contribution in [0.3, 0.4) is 0 Å². The van der Waals surface area contributed by atoms with Crippen molar-refractivity contribution in [1.82, 2.24) is 19.8 Å². The van der Waals surface area contributed by atoms with E-state index in [1.54, 1.807) is 25.2 Å². The number of piperazine rings is 1. The molecule has 4 aromatic rings. The van der Waals surface area contributed by atoms with E-state index in [2.05, 4.69) is 76.9 Å². The predicted octanol–water partition coefficient (Wildman–Crippen LogP) is 4.89. The first-order valence-corrected chi connectivity index (χ1v) is 13.7. The summed E-state index contributed by atoms with van der Waals surface area (Å²) in [4.78, 5) is 39.4. The van der Waals surface area contributed by atoms with E-state index in [0.717, 1.165) is 76.3 Å². The van der Waals surface area contributed by atoms with Crippen molar-refractivity contribution in [3.63, 3.8) is 0 Å². The molecular weight excluding hydrogens is 498 g/mol. The third kappa shape index (κ3) is 5.70. The van der Waals surface area contributed by atoms with Crippen molar-refractivity contribution in [3.8, 4) is 22.4 Å². The van der Waals surface area contributed by atoms with Crippen LogP contribution in [0.15, 0.2) is 67.4 Å². The standard InChI is InChI=1S/C33H37N5O2/c1-6-28(39)20-26-19-25(8-7-22(26)2)31-29-17-23(18-30(40)36(3)4)21-34-33(29)35-32(31)24-9-11-27(12-10-24)38-15-13-37(5)14-16-38/h6-12,17,19,21H,1,13-16,18,20H2,2-5H3,(H,34,35). The number of nitrogens with zero attached hydrogens (tertiary/aromatic N) is 4. The molecule has 0 atom stereocenters. The van der Waals surface area contributed by atoms with E-state index in [0.29, 0.717) is 6.42 Å². The average molecular weight is 536 g/mol. The maximum Gasteiger partial charge on any atom is 0.226 e. The van der Waals surface area contributed by atoms with Crippen LogP contribution in [0.25, 0.3) is 33.4 Å². The van der Waals surface area contributed by atoms with Gasteiger partial charge in [-0.3, -0.25) is 9.59 Å². The predicted molar refractivity (Wildman–Crippen MR) is 163 cm³/mol. The number of rotatable bonds is 8. The van der Waals surface area contributed by atoms with Gasteiger partial charge in [-0.1, -0.05) is 36.9 Å². The molecule has 0 unspecified atom stereocenters. The van der Waals surface area contributed by atoms with Crippen molar-refractivity contribution in [2.45, 2.75) is 19.8 Å². The van der Waals surface area contributed by atoms with E-state index in [9.17, 15) is 9.59 Å². The maximum atomic E-state index is 12.5. The number of pyridine rings is 1. The molecule has 1 aliphatic rings. The number of aromatic amines is 1. The van der Waals surface area contributed by atoms with E-state index in [1.165, 1.54) is 11.8 Å². The number of nitrogens with one attached hydrogen (secondary N) is 1. The van der Waals surface area contributed by atoms with Crippen LogP contribution in [0.1, 0.15) is 16.7 Å². The molecule has 1 N–H and O–H groups in total. The van der Waals surface area contributed by atoms with Gasteiger partial charge in [-0.05, 0) is 66.1 Å². The lowest BCUT2D eigenvalue weighted by molar-refractivity contribution is -0.128. The number of fused-ring (bicyclic) bond motifs is 1. The Morgan fingerprint density at radius 1 is 1.00 bits per heavy atom. The largest absolute Gasteiger partial charge is 0.369 e. The lowest BCUT2D eigenvalue weighted by atomic mass is 9.93. The van der Waals surface area contributed by atoms with Crippen molar-refractivity contribution in [2.75, 3.05) is 52.2 Å². The second-order valence-electron chi connectivity index (χ2n) is 10.9. The monoisotopic (exact) mass is 535 g/mol. The van der Waals surface area contributed by atoms with Crippen molar-refractivity contribution in [3.05, 3.63) is 84.1 Å². The van der Waals surface area contributed by atoms with Crippen molar-refractivity contribution < 1.29 is 9.59 Å². The third-order valence-corrected chi connectivity index (χ3v) is 7.82. The number of aryl methyl sites for hydroxylation is 1. The number of benzene rings is 2. The Balaban J connectivity index is 1.61. The van der Waals surface area contributed by atoms with Crippen LogP contribution in [0, 0.1) is 6.92 Å². The summed E-state index contributed by atoms with van der Waals surface area (Å²) in [7, 11) is 5.69. The minimum Gasteiger partial charge on any atom is -0.369 e. The summed E-state index contributed by atoms with van der Waals surface area (Å²) in [6.45, 7) is 9.81. The lowest BCUT2D eigenvalue weighted by Gasteiger charge is -2.34. The molecule has 1 saturated heterocycles. The van der Waals surface area contributed by atoms with Crippen LogP contribution in [-0.4, -0.2) is 78.8 Å². The summed E-state index contributed by atoms with van der Waals surface area (Å²) in [5.41, 5.74) is 8.91. The molecule has 2 aromatic heterocycles. The van der Waals surface area contributed by atoms with Gasteiger partial charge in [0.1, 0.15) is 5.65 Å². The third-order valence-electron chi connectivity index (χ3n) is 7.82. The molecule has 5 rings (SSSR count). The van der Waals surface area contributed by atoms with Crippen LogP contribution in [-0.2, 0) is 22.4 Å². The van der Waals surface area contributed by atoms with Gasteiger partial charge < -0.3 is 19.7 Å². The molecule has 0 bridgehead atoms. The molecule has 7 nitrogen and oxygen atoms in total. The summed E-state index contributed by atoms with van der Waals surface area (Å²) in [5.74, 6) is 0.0172. The van der Waals surface area contributed by atoms with Crippen molar-refractivity contribution in [1.29, 1.82) is 0 Å². The maximum absolute atomic E-state index is 12.5. The fourth-order valence-corrected chi connectivity index (χ4v) is 5.24. The van der Waals surface area contributed by atoms with Crippen molar-refractivity contribution >= 4 is 28.4 Å². The molecule has 0 saturated carbocycles. The Bertz CT molecular complexity index is 1560. The second-order valence-corrected chi connectivity index (χ2v) is 10.9. The van der Waals surface area contributed by atoms with Gasteiger partial charge in [0.15, 0.2) is 5.78 Å². The van der Waals surface area contributed by atoms with Gasteiger partial charge in [0, 0.05) is 69.5 Å². The molecule has 3 heterocycles. The summed E-state index contributed by atoms with van der Waals surface area (Å²) in [5, 5.41) is 0.951. The summed E-state index contributed by atoms with van der Waals surface area (Å²) in [6.07, 6.45) is 3.74. The number of carbonyl (C=O) groups excluding carboxylic acids is 2. The Labute approximate surface area is 236 Å².